The predicted molar refractivity (Wildman–Crippen MR) is 132 cm³/mol. The standard InChI is InChI=1S/C26H23N5O3/c1-16(18-7-10-20(32)11-8-18)26(33)25-17(2)21-5-3-4-6-24(21)31(25)15-34-14-27-19-9-12-22-23(13-19)29-30-28-22/h3-13,27,32H,1,14-15H2,2H3,(H,28,29,30). The van der Waals surface area contributed by atoms with Crippen LogP contribution in [0.4, 0.5) is 5.69 Å². The zero-order valence-corrected chi connectivity index (χ0v) is 18.6. The molecule has 3 N–H and O–H groups in total. The summed E-state index contributed by atoms with van der Waals surface area (Å²) in [4.78, 5) is 13.5. The molecule has 5 rings (SSSR count). The van der Waals surface area contributed by atoms with E-state index in [-0.39, 0.29) is 25.0 Å². The number of Topliss-reactive ketones (excluding diaryl/α,β-unsaturated/α-hetero) is 1. The molecular formula is C26H23N5O3. The highest BCUT2D eigenvalue weighted by molar-refractivity contribution is 6.29. The van der Waals surface area contributed by atoms with Crippen LogP contribution >= 0.6 is 0 Å². The molecule has 0 saturated carbocycles. The van der Waals surface area contributed by atoms with Crippen molar-refractivity contribution in [1.29, 1.82) is 0 Å². The number of allylic oxidation sites excluding steroid dienone is 1. The fourth-order valence-corrected chi connectivity index (χ4v) is 4.06. The molecule has 5 aromatic rings. The molecule has 0 aliphatic heterocycles. The van der Waals surface area contributed by atoms with Crippen LogP contribution in [0.25, 0.3) is 27.5 Å². The van der Waals surface area contributed by atoms with Gasteiger partial charge >= 0.3 is 0 Å². The van der Waals surface area contributed by atoms with Crippen LogP contribution in [0.3, 0.4) is 0 Å². The third-order valence-electron chi connectivity index (χ3n) is 5.84. The maximum absolute atomic E-state index is 13.5. The topological polar surface area (TPSA) is 105 Å². The minimum Gasteiger partial charge on any atom is -0.508 e. The number of aromatic amines is 1. The van der Waals surface area contributed by atoms with Crippen LogP contribution in [0.1, 0.15) is 21.6 Å². The molecule has 0 unspecified atom stereocenters. The van der Waals surface area contributed by atoms with Gasteiger partial charge in [0.25, 0.3) is 0 Å². The highest BCUT2D eigenvalue weighted by Gasteiger charge is 2.23. The molecule has 8 heteroatoms. The fourth-order valence-electron chi connectivity index (χ4n) is 4.06. The largest absolute Gasteiger partial charge is 0.508 e. The second kappa shape index (κ2) is 8.84. The van der Waals surface area contributed by atoms with Crippen molar-refractivity contribution in [3.63, 3.8) is 0 Å². The fraction of sp³-hybridized carbons (Fsp3) is 0.115. The number of nitrogens with zero attached hydrogens (tertiary/aromatic N) is 3. The number of carbonyl (C=O) groups excluding carboxylic acids is 1. The van der Waals surface area contributed by atoms with Crippen molar-refractivity contribution in [3.8, 4) is 5.75 Å². The van der Waals surface area contributed by atoms with Gasteiger partial charge in [0.05, 0.1) is 11.2 Å². The zero-order chi connectivity index (χ0) is 23.7. The van der Waals surface area contributed by atoms with E-state index in [1.807, 2.05) is 54.0 Å². The average Bonchev–Trinajstić information content (AvgIpc) is 3.43. The number of ketones is 1. The first-order valence-electron chi connectivity index (χ1n) is 10.8. The molecule has 170 valence electrons. The van der Waals surface area contributed by atoms with E-state index in [0.29, 0.717) is 16.8 Å². The number of rotatable bonds is 8. The summed E-state index contributed by atoms with van der Waals surface area (Å²) in [6.07, 6.45) is 0. The molecule has 0 saturated heterocycles. The van der Waals surface area contributed by atoms with Crippen LogP contribution in [0.2, 0.25) is 0 Å². The van der Waals surface area contributed by atoms with Gasteiger partial charge in [-0.05, 0) is 54.4 Å². The number of ether oxygens (including phenoxy) is 1. The molecule has 0 fully saturated rings. The molecule has 8 nitrogen and oxygen atoms in total. The summed E-state index contributed by atoms with van der Waals surface area (Å²) in [7, 11) is 0. The Morgan fingerprint density at radius 1 is 1.09 bits per heavy atom. The lowest BCUT2D eigenvalue weighted by Crippen LogP contribution is -2.15. The number of aryl methyl sites for hydroxylation is 1. The van der Waals surface area contributed by atoms with E-state index in [1.165, 1.54) is 0 Å². The predicted octanol–water partition coefficient (Wildman–Crippen LogP) is 4.87. The van der Waals surface area contributed by atoms with Crippen LogP contribution in [-0.4, -0.2) is 37.6 Å². The summed E-state index contributed by atoms with van der Waals surface area (Å²) in [6.45, 7) is 6.38. The molecule has 0 atom stereocenters. The number of nitrogens with one attached hydrogen (secondary N) is 2. The summed E-state index contributed by atoms with van der Waals surface area (Å²) in [5.41, 5.74) is 5.72. The Bertz CT molecular complexity index is 1520. The van der Waals surface area contributed by atoms with Crippen LogP contribution < -0.4 is 5.32 Å². The van der Waals surface area contributed by atoms with Crippen molar-refractivity contribution in [2.45, 2.75) is 13.7 Å². The van der Waals surface area contributed by atoms with Crippen molar-refractivity contribution in [2.24, 2.45) is 0 Å². The number of fused-ring (bicyclic) bond motifs is 2. The number of phenols is 1. The first-order chi connectivity index (χ1) is 16.5. The summed E-state index contributed by atoms with van der Waals surface area (Å²) < 4.78 is 7.80. The number of aromatic nitrogens is 4. The summed E-state index contributed by atoms with van der Waals surface area (Å²) in [6, 6.07) is 20.0. The minimum atomic E-state index is -0.188. The Labute approximate surface area is 195 Å². The van der Waals surface area contributed by atoms with E-state index in [9.17, 15) is 9.90 Å². The molecule has 0 aliphatic carbocycles. The van der Waals surface area contributed by atoms with Gasteiger partial charge in [0.15, 0.2) is 0 Å². The number of H-pyrrole nitrogens is 1. The second-order valence-electron chi connectivity index (χ2n) is 7.95. The second-order valence-corrected chi connectivity index (χ2v) is 7.95. The molecule has 0 aliphatic rings. The first kappa shape index (κ1) is 21.4. The van der Waals surface area contributed by atoms with E-state index in [0.717, 1.165) is 33.2 Å². The Morgan fingerprint density at radius 3 is 2.68 bits per heavy atom. The number of hydrogen-bond donors (Lipinski definition) is 3. The molecule has 34 heavy (non-hydrogen) atoms. The maximum atomic E-state index is 13.5. The van der Waals surface area contributed by atoms with Gasteiger partial charge in [-0.1, -0.05) is 36.9 Å². The van der Waals surface area contributed by atoms with Gasteiger partial charge < -0.3 is 19.7 Å². The van der Waals surface area contributed by atoms with Crippen molar-refractivity contribution in [1.82, 2.24) is 20.0 Å². The Balaban J connectivity index is 1.38. The van der Waals surface area contributed by atoms with Crippen LogP contribution in [-0.2, 0) is 11.5 Å². The van der Waals surface area contributed by atoms with Gasteiger partial charge in [-0.3, -0.25) is 4.79 Å². The van der Waals surface area contributed by atoms with Gasteiger partial charge in [0, 0.05) is 16.6 Å². The number of anilines is 1. The molecule has 0 bridgehead atoms. The van der Waals surface area contributed by atoms with Crippen molar-refractivity contribution in [3.05, 3.63) is 90.1 Å². The lowest BCUT2D eigenvalue weighted by atomic mass is 9.99. The van der Waals surface area contributed by atoms with E-state index in [1.54, 1.807) is 24.3 Å². The van der Waals surface area contributed by atoms with E-state index >= 15 is 0 Å². The van der Waals surface area contributed by atoms with Crippen LogP contribution in [0.15, 0.2) is 73.3 Å². The molecule has 0 spiro atoms. The highest BCUT2D eigenvalue weighted by atomic mass is 16.5. The maximum Gasteiger partial charge on any atom is 0.209 e. The third-order valence-corrected chi connectivity index (χ3v) is 5.84. The lowest BCUT2D eigenvalue weighted by Gasteiger charge is -2.14. The summed E-state index contributed by atoms with van der Waals surface area (Å²) in [5, 5.41) is 24.5. The smallest absolute Gasteiger partial charge is 0.209 e. The van der Waals surface area contributed by atoms with Gasteiger partial charge in [-0.2, -0.15) is 15.4 Å². The molecule has 2 aromatic heterocycles. The Morgan fingerprint density at radius 2 is 1.85 bits per heavy atom. The van der Waals surface area contributed by atoms with E-state index in [4.69, 9.17) is 4.74 Å². The molecule has 0 radical (unpaired) electrons. The summed E-state index contributed by atoms with van der Waals surface area (Å²) in [5.74, 6) is -0.0506. The Hall–Kier alpha value is -4.43. The highest BCUT2D eigenvalue weighted by Crippen LogP contribution is 2.30. The monoisotopic (exact) mass is 453 g/mol. The number of carbonyl (C=O) groups is 1. The van der Waals surface area contributed by atoms with Gasteiger partial charge in [0.2, 0.25) is 5.78 Å². The average molecular weight is 454 g/mol. The van der Waals surface area contributed by atoms with E-state index in [2.05, 4.69) is 27.3 Å². The normalized spacial score (nSPS) is 11.2. The van der Waals surface area contributed by atoms with Crippen LogP contribution in [0.5, 0.6) is 5.75 Å². The summed E-state index contributed by atoms with van der Waals surface area (Å²) >= 11 is 0. The molecule has 2 heterocycles. The third kappa shape index (κ3) is 3.91. The molecule has 3 aromatic carbocycles. The SMILES string of the molecule is C=C(C(=O)c1c(C)c2ccccc2n1COCNc1ccc2n[nH]nc2c1)c1ccc(O)cc1. The number of aromatic hydroxyl groups is 1. The lowest BCUT2D eigenvalue weighted by molar-refractivity contribution is 0.0881. The van der Waals surface area contributed by atoms with Crippen molar-refractivity contribution >= 4 is 39.0 Å². The van der Waals surface area contributed by atoms with E-state index < -0.39 is 0 Å². The van der Waals surface area contributed by atoms with Crippen LogP contribution in [0, 0.1) is 6.92 Å². The first-order valence-corrected chi connectivity index (χ1v) is 10.8. The quantitative estimate of drug-likeness (QED) is 0.134. The number of para-hydroxylation sites is 1. The Kier molecular flexibility index (Phi) is 5.57. The number of hydrogen-bond acceptors (Lipinski definition) is 6. The molecule has 0 amide bonds. The van der Waals surface area contributed by atoms with Crippen molar-refractivity contribution in [2.75, 3.05) is 12.0 Å². The molecular weight excluding hydrogens is 430 g/mol. The van der Waals surface area contributed by atoms with Gasteiger partial charge in [-0.25, -0.2) is 0 Å². The minimum absolute atomic E-state index is 0.137. The zero-order valence-electron chi connectivity index (χ0n) is 18.6. The van der Waals surface area contributed by atoms with Gasteiger partial charge in [0.1, 0.15) is 30.2 Å². The van der Waals surface area contributed by atoms with Crippen molar-refractivity contribution < 1.29 is 14.6 Å². The number of phenolic OH excluding ortho intramolecular Hbond substituents is 1. The number of benzene rings is 3. The van der Waals surface area contributed by atoms with Gasteiger partial charge in [-0.15, -0.1) is 0 Å².